The van der Waals surface area contributed by atoms with Crippen molar-refractivity contribution in [3.05, 3.63) is 58.6 Å². The fourth-order valence-electron chi connectivity index (χ4n) is 2.34. The van der Waals surface area contributed by atoms with Gasteiger partial charge in [-0.3, -0.25) is 0 Å². The molecule has 1 aromatic heterocycles. The molecule has 0 aliphatic rings. The van der Waals surface area contributed by atoms with Crippen LogP contribution in [-0.2, 0) is 12.8 Å². The van der Waals surface area contributed by atoms with Crippen LogP contribution in [0.5, 0.6) is 0 Å². The molecule has 0 radical (unpaired) electrons. The summed E-state index contributed by atoms with van der Waals surface area (Å²) in [5.74, 6) is 1.76. The molecule has 124 valence electrons. The second-order valence-electron chi connectivity index (χ2n) is 5.73. The molecule has 0 N–H and O–H groups in total. The summed E-state index contributed by atoms with van der Waals surface area (Å²) in [5.41, 5.74) is 3.49. The lowest BCUT2D eigenvalue weighted by Gasteiger charge is -2.13. The molecule has 3 aromatic rings. The van der Waals surface area contributed by atoms with Gasteiger partial charge in [-0.05, 0) is 29.8 Å². The largest absolute Gasteiger partial charge is 0.378 e. The molecule has 0 spiro atoms. The molecule has 24 heavy (non-hydrogen) atoms. The van der Waals surface area contributed by atoms with Crippen LogP contribution in [0.15, 0.2) is 58.2 Å². The standard InChI is InChI=1S/C18H19BrN4S/c1-22(2)16-6-4-5-14(11-16)17-20-21-18(23(17)3)24-12-13-7-9-15(19)10-8-13/h4-11H,12H2,1-3H3. The van der Waals surface area contributed by atoms with E-state index in [0.29, 0.717) is 0 Å². The van der Waals surface area contributed by atoms with Crippen molar-refractivity contribution in [2.45, 2.75) is 10.9 Å². The first-order chi connectivity index (χ1) is 11.5. The molecule has 0 atom stereocenters. The van der Waals surface area contributed by atoms with E-state index in [1.807, 2.05) is 27.2 Å². The maximum absolute atomic E-state index is 4.38. The summed E-state index contributed by atoms with van der Waals surface area (Å²) < 4.78 is 3.15. The molecular formula is C18H19BrN4S. The molecule has 0 fully saturated rings. The fraction of sp³-hybridized carbons (Fsp3) is 0.222. The topological polar surface area (TPSA) is 34.0 Å². The van der Waals surface area contributed by atoms with E-state index < -0.39 is 0 Å². The molecule has 0 saturated heterocycles. The van der Waals surface area contributed by atoms with E-state index >= 15 is 0 Å². The average Bonchev–Trinajstić information content (AvgIpc) is 2.95. The minimum atomic E-state index is 0.872. The van der Waals surface area contributed by atoms with Crippen molar-refractivity contribution in [3.8, 4) is 11.4 Å². The van der Waals surface area contributed by atoms with Gasteiger partial charge in [0, 0.05) is 42.6 Å². The van der Waals surface area contributed by atoms with E-state index in [4.69, 9.17) is 0 Å². The molecule has 0 aliphatic heterocycles. The van der Waals surface area contributed by atoms with Crippen molar-refractivity contribution in [3.63, 3.8) is 0 Å². The van der Waals surface area contributed by atoms with Crippen molar-refractivity contribution in [1.29, 1.82) is 0 Å². The number of aromatic nitrogens is 3. The Hall–Kier alpha value is -1.79. The van der Waals surface area contributed by atoms with Gasteiger partial charge in [-0.25, -0.2) is 0 Å². The van der Waals surface area contributed by atoms with E-state index in [0.717, 1.165) is 32.5 Å². The third kappa shape index (κ3) is 3.82. The van der Waals surface area contributed by atoms with Gasteiger partial charge in [-0.2, -0.15) is 0 Å². The second kappa shape index (κ2) is 7.40. The highest BCUT2D eigenvalue weighted by Crippen LogP contribution is 2.27. The summed E-state index contributed by atoms with van der Waals surface area (Å²) in [5, 5.41) is 9.65. The summed E-state index contributed by atoms with van der Waals surface area (Å²) in [6, 6.07) is 16.7. The highest BCUT2D eigenvalue weighted by molar-refractivity contribution is 9.10. The lowest BCUT2D eigenvalue weighted by Crippen LogP contribution is -2.08. The van der Waals surface area contributed by atoms with E-state index in [1.165, 1.54) is 5.56 Å². The third-order valence-electron chi connectivity index (χ3n) is 3.74. The Kier molecular flexibility index (Phi) is 5.26. The fourth-order valence-corrected chi connectivity index (χ4v) is 3.47. The SMILES string of the molecule is CN(C)c1cccc(-c2nnc(SCc3ccc(Br)cc3)n2C)c1. The van der Waals surface area contributed by atoms with Crippen LogP contribution in [0.2, 0.25) is 0 Å². The molecule has 3 rings (SSSR count). The van der Waals surface area contributed by atoms with Crippen LogP contribution in [0.1, 0.15) is 5.56 Å². The van der Waals surface area contributed by atoms with Crippen LogP contribution < -0.4 is 4.90 Å². The quantitative estimate of drug-likeness (QED) is 0.583. The molecule has 0 unspecified atom stereocenters. The Bertz CT molecular complexity index is 827. The Labute approximate surface area is 155 Å². The van der Waals surface area contributed by atoms with Gasteiger partial charge in [0.1, 0.15) is 0 Å². The normalized spacial score (nSPS) is 10.8. The number of halogens is 1. The van der Waals surface area contributed by atoms with Gasteiger partial charge < -0.3 is 9.47 Å². The maximum atomic E-state index is 4.38. The molecule has 2 aromatic carbocycles. The zero-order chi connectivity index (χ0) is 17.1. The van der Waals surface area contributed by atoms with Crippen molar-refractivity contribution >= 4 is 33.4 Å². The predicted octanol–water partition coefficient (Wildman–Crippen LogP) is 4.60. The Morgan fingerprint density at radius 3 is 2.54 bits per heavy atom. The minimum Gasteiger partial charge on any atom is -0.378 e. The molecule has 6 heteroatoms. The highest BCUT2D eigenvalue weighted by atomic mass is 79.9. The highest BCUT2D eigenvalue weighted by Gasteiger charge is 2.12. The van der Waals surface area contributed by atoms with Gasteiger partial charge in [0.2, 0.25) is 0 Å². The zero-order valence-corrected chi connectivity index (χ0v) is 16.3. The summed E-state index contributed by atoms with van der Waals surface area (Å²) in [6.07, 6.45) is 0. The first-order valence-corrected chi connectivity index (χ1v) is 9.37. The smallest absolute Gasteiger partial charge is 0.191 e. The second-order valence-corrected chi connectivity index (χ2v) is 7.58. The molecule has 0 saturated carbocycles. The number of anilines is 1. The molecule has 0 bridgehead atoms. The molecular weight excluding hydrogens is 384 g/mol. The third-order valence-corrected chi connectivity index (χ3v) is 5.36. The molecule has 4 nitrogen and oxygen atoms in total. The molecule has 0 amide bonds. The summed E-state index contributed by atoms with van der Waals surface area (Å²) in [4.78, 5) is 2.09. The van der Waals surface area contributed by atoms with Gasteiger partial charge in [0.15, 0.2) is 11.0 Å². The van der Waals surface area contributed by atoms with Gasteiger partial charge in [-0.1, -0.05) is 52.0 Å². The van der Waals surface area contributed by atoms with Crippen LogP contribution >= 0.6 is 27.7 Å². The Balaban J connectivity index is 1.78. The monoisotopic (exact) mass is 402 g/mol. The molecule has 1 heterocycles. The van der Waals surface area contributed by atoms with Crippen molar-refractivity contribution in [2.24, 2.45) is 7.05 Å². The Morgan fingerprint density at radius 2 is 1.83 bits per heavy atom. The van der Waals surface area contributed by atoms with E-state index in [1.54, 1.807) is 11.8 Å². The number of hydrogen-bond acceptors (Lipinski definition) is 4. The number of nitrogens with zero attached hydrogens (tertiary/aromatic N) is 4. The van der Waals surface area contributed by atoms with E-state index in [-0.39, 0.29) is 0 Å². The van der Waals surface area contributed by atoms with Gasteiger partial charge in [0.25, 0.3) is 0 Å². The first-order valence-electron chi connectivity index (χ1n) is 7.59. The van der Waals surface area contributed by atoms with E-state index in [9.17, 15) is 0 Å². The lowest BCUT2D eigenvalue weighted by atomic mass is 10.2. The Morgan fingerprint density at radius 1 is 1.08 bits per heavy atom. The van der Waals surface area contributed by atoms with Crippen LogP contribution in [-0.4, -0.2) is 28.9 Å². The minimum absolute atomic E-state index is 0.872. The van der Waals surface area contributed by atoms with Crippen molar-refractivity contribution in [1.82, 2.24) is 14.8 Å². The predicted molar refractivity (Wildman–Crippen MR) is 104 cm³/mol. The number of benzene rings is 2. The van der Waals surface area contributed by atoms with Gasteiger partial charge in [-0.15, -0.1) is 10.2 Å². The van der Waals surface area contributed by atoms with Crippen molar-refractivity contribution in [2.75, 3.05) is 19.0 Å². The first kappa shape index (κ1) is 17.0. The number of rotatable bonds is 5. The lowest BCUT2D eigenvalue weighted by molar-refractivity contribution is 0.794. The van der Waals surface area contributed by atoms with Gasteiger partial charge >= 0.3 is 0 Å². The van der Waals surface area contributed by atoms with Crippen LogP contribution in [0.3, 0.4) is 0 Å². The maximum Gasteiger partial charge on any atom is 0.191 e. The van der Waals surface area contributed by atoms with Crippen molar-refractivity contribution < 1.29 is 0 Å². The summed E-state index contributed by atoms with van der Waals surface area (Å²) in [7, 11) is 6.09. The number of hydrogen-bond donors (Lipinski definition) is 0. The van der Waals surface area contributed by atoms with E-state index in [2.05, 4.69) is 78.1 Å². The number of thioether (sulfide) groups is 1. The molecule has 0 aliphatic carbocycles. The average molecular weight is 403 g/mol. The van der Waals surface area contributed by atoms with Gasteiger partial charge in [0.05, 0.1) is 0 Å². The van der Waals surface area contributed by atoms with Crippen LogP contribution in [0.4, 0.5) is 5.69 Å². The summed E-state index contributed by atoms with van der Waals surface area (Å²) in [6.45, 7) is 0. The van der Waals surface area contributed by atoms with Crippen LogP contribution in [0.25, 0.3) is 11.4 Å². The zero-order valence-electron chi connectivity index (χ0n) is 13.9. The summed E-state index contributed by atoms with van der Waals surface area (Å²) >= 11 is 5.16. The van der Waals surface area contributed by atoms with Crippen LogP contribution in [0, 0.1) is 0 Å².